The zero-order valence-electron chi connectivity index (χ0n) is 12.6. The molecule has 0 spiro atoms. The Morgan fingerprint density at radius 2 is 1.90 bits per heavy atom. The summed E-state index contributed by atoms with van der Waals surface area (Å²) in [5, 5.41) is 0. The third-order valence-electron chi connectivity index (χ3n) is 2.63. The maximum absolute atomic E-state index is 11.5. The van der Waals surface area contributed by atoms with Gasteiger partial charge in [-0.3, -0.25) is 4.79 Å². The number of methoxy groups -OCH3 is 2. The van der Waals surface area contributed by atoms with Crippen molar-refractivity contribution in [2.75, 3.05) is 20.0 Å². The molecule has 1 amide bonds. The van der Waals surface area contributed by atoms with Crippen LogP contribution in [0.5, 0.6) is 11.5 Å². The molecule has 0 fully saturated rings. The van der Waals surface area contributed by atoms with Gasteiger partial charge in [-0.1, -0.05) is 13.8 Å². The second-order valence-corrected chi connectivity index (χ2v) is 3.80. The van der Waals surface area contributed by atoms with Crippen molar-refractivity contribution in [2.45, 2.75) is 13.8 Å². The minimum atomic E-state index is -0.606. The van der Waals surface area contributed by atoms with E-state index < -0.39 is 5.91 Å². The lowest BCUT2D eigenvalue weighted by Crippen LogP contribution is -2.14. The number of ether oxygens (including phenoxy) is 2. The molecule has 2 rings (SSSR count). The van der Waals surface area contributed by atoms with Gasteiger partial charge in [-0.05, 0) is 6.07 Å². The van der Waals surface area contributed by atoms with Crippen LogP contribution in [0.4, 0.5) is 5.82 Å². The van der Waals surface area contributed by atoms with Crippen molar-refractivity contribution in [3.8, 4) is 17.2 Å². The average molecular weight is 292 g/mol. The topological polar surface area (TPSA) is 105 Å². The molecule has 114 valence electrons. The molecule has 0 atom stereocenters. The van der Waals surface area contributed by atoms with Crippen LogP contribution in [0.25, 0.3) is 5.69 Å². The number of hydrogen-bond donors (Lipinski definition) is 2. The van der Waals surface area contributed by atoms with Crippen molar-refractivity contribution in [3.63, 3.8) is 0 Å². The van der Waals surface area contributed by atoms with Gasteiger partial charge in [-0.15, -0.1) is 0 Å². The minimum absolute atomic E-state index is 0.226. The van der Waals surface area contributed by atoms with E-state index in [0.29, 0.717) is 23.0 Å². The number of nitrogen functional groups attached to an aromatic ring is 1. The number of carbonyl (C=O) groups excluding carboxylic acids is 1. The van der Waals surface area contributed by atoms with Crippen LogP contribution < -0.4 is 20.9 Å². The second kappa shape index (κ2) is 7.18. The number of aromatic nitrogens is 2. The van der Waals surface area contributed by atoms with Crippen molar-refractivity contribution >= 4 is 11.7 Å². The molecule has 0 unspecified atom stereocenters. The fourth-order valence-electron chi connectivity index (χ4n) is 1.76. The molecule has 0 saturated carbocycles. The van der Waals surface area contributed by atoms with Gasteiger partial charge in [0.25, 0.3) is 5.91 Å². The van der Waals surface area contributed by atoms with Gasteiger partial charge in [0.2, 0.25) is 0 Å². The number of anilines is 1. The van der Waals surface area contributed by atoms with E-state index in [1.807, 2.05) is 13.8 Å². The Morgan fingerprint density at radius 1 is 1.24 bits per heavy atom. The number of benzene rings is 1. The van der Waals surface area contributed by atoms with E-state index in [-0.39, 0.29) is 5.56 Å². The smallest absolute Gasteiger partial charge is 0.252 e. The highest BCUT2D eigenvalue weighted by Gasteiger charge is 2.17. The fraction of sp³-hybridized carbons (Fsp3) is 0.286. The molecule has 7 nitrogen and oxygen atoms in total. The van der Waals surface area contributed by atoms with E-state index in [9.17, 15) is 4.79 Å². The van der Waals surface area contributed by atoms with Gasteiger partial charge in [-0.2, -0.15) is 0 Å². The molecule has 0 bridgehead atoms. The highest BCUT2D eigenvalue weighted by atomic mass is 16.5. The Bertz CT molecular complexity index is 623. The van der Waals surface area contributed by atoms with Crippen LogP contribution in [0.15, 0.2) is 24.7 Å². The lowest BCUT2D eigenvalue weighted by atomic mass is 10.1. The van der Waals surface area contributed by atoms with Crippen LogP contribution in [0.3, 0.4) is 0 Å². The maximum Gasteiger partial charge on any atom is 0.252 e. The molecule has 7 heteroatoms. The predicted molar refractivity (Wildman–Crippen MR) is 80.9 cm³/mol. The molecule has 4 N–H and O–H groups in total. The van der Waals surface area contributed by atoms with Gasteiger partial charge in [-0.25, -0.2) is 4.98 Å². The number of primary amides is 1. The van der Waals surface area contributed by atoms with Crippen molar-refractivity contribution in [1.29, 1.82) is 0 Å². The summed E-state index contributed by atoms with van der Waals surface area (Å²) < 4.78 is 12.0. The van der Waals surface area contributed by atoms with Crippen molar-refractivity contribution in [1.82, 2.24) is 9.55 Å². The van der Waals surface area contributed by atoms with E-state index in [1.165, 1.54) is 20.5 Å². The number of hydrogen-bond acceptors (Lipinski definition) is 5. The Morgan fingerprint density at radius 3 is 2.33 bits per heavy atom. The molecule has 2 aromatic rings. The molecule has 0 radical (unpaired) electrons. The summed E-state index contributed by atoms with van der Waals surface area (Å²) in [5.41, 5.74) is 11.8. The van der Waals surface area contributed by atoms with Gasteiger partial charge in [0.1, 0.15) is 12.1 Å². The number of rotatable bonds is 4. The standard InChI is InChI=1S/C12H14N4O3.C2H6/c1-18-9-4-7(16-5-10(13)15-6-16)3-8(12(14)17)11(9)19-2;1-2/h3-6H,13H2,1-2H3,(H2,14,17);1-2H3. The first-order chi connectivity index (χ1) is 10.1. The number of imidazole rings is 1. The summed E-state index contributed by atoms with van der Waals surface area (Å²) in [6, 6.07) is 3.29. The quantitative estimate of drug-likeness (QED) is 0.890. The van der Waals surface area contributed by atoms with Gasteiger partial charge >= 0.3 is 0 Å². The zero-order chi connectivity index (χ0) is 16.0. The van der Waals surface area contributed by atoms with Crippen LogP contribution in [0.2, 0.25) is 0 Å². The van der Waals surface area contributed by atoms with Gasteiger partial charge in [0.05, 0.1) is 31.7 Å². The summed E-state index contributed by atoms with van der Waals surface area (Å²) in [6.45, 7) is 4.00. The van der Waals surface area contributed by atoms with Crippen LogP contribution in [-0.4, -0.2) is 29.7 Å². The van der Waals surface area contributed by atoms with Crippen molar-refractivity contribution in [3.05, 3.63) is 30.2 Å². The molecule has 0 saturated heterocycles. The van der Waals surface area contributed by atoms with E-state index in [1.54, 1.807) is 22.9 Å². The molecule has 0 aliphatic heterocycles. The molecule has 1 aromatic carbocycles. The van der Waals surface area contributed by atoms with E-state index in [4.69, 9.17) is 20.9 Å². The fourth-order valence-corrected chi connectivity index (χ4v) is 1.76. The highest BCUT2D eigenvalue weighted by Crippen LogP contribution is 2.33. The molecule has 0 aliphatic carbocycles. The average Bonchev–Trinajstić information content (AvgIpc) is 2.94. The van der Waals surface area contributed by atoms with E-state index in [0.717, 1.165) is 0 Å². The van der Waals surface area contributed by atoms with Crippen molar-refractivity contribution in [2.24, 2.45) is 5.73 Å². The largest absolute Gasteiger partial charge is 0.493 e. The van der Waals surface area contributed by atoms with Crippen LogP contribution in [-0.2, 0) is 0 Å². The molecule has 1 heterocycles. The molecular formula is C14H20N4O3. The Hall–Kier alpha value is -2.70. The normalized spacial score (nSPS) is 9.52. The zero-order valence-corrected chi connectivity index (χ0v) is 12.6. The molecule has 0 aliphatic rings. The van der Waals surface area contributed by atoms with Crippen molar-refractivity contribution < 1.29 is 14.3 Å². The Balaban J connectivity index is 0.00000106. The summed E-state index contributed by atoms with van der Waals surface area (Å²) in [4.78, 5) is 15.4. The first-order valence-electron chi connectivity index (χ1n) is 6.42. The Labute approximate surface area is 123 Å². The summed E-state index contributed by atoms with van der Waals surface area (Å²) >= 11 is 0. The van der Waals surface area contributed by atoms with Gasteiger partial charge in [0, 0.05) is 6.07 Å². The number of nitrogens with zero attached hydrogens (tertiary/aromatic N) is 2. The molecule has 21 heavy (non-hydrogen) atoms. The monoisotopic (exact) mass is 292 g/mol. The SMILES string of the molecule is CC.COc1cc(-n2cnc(N)c2)cc(C(N)=O)c1OC. The van der Waals surface area contributed by atoms with E-state index >= 15 is 0 Å². The lowest BCUT2D eigenvalue weighted by Gasteiger charge is -2.13. The number of nitrogens with two attached hydrogens (primary N) is 2. The van der Waals surface area contributed by atoms with Crippen LogP contribution in [0, 0.1) is 0 Å². The summed E-state index contributed by atoms with van der Waals surface area (Å²) in [5.74, 6) is 0.466. The minimum Gasteiger partial charge on any atom is -0.493 e. The first kappa shape index (κ1) is 16.4. The van der Waals surface area contributed by atoms with Crippen LogP contribution >= 0.6 is 0 Å². The second-order valence-electron chi connectivity index (χ2n) is 3.80. The summed E-state index contributed by atoms with van der Waals surface area (Å²) in [7, 11) is 2.92. The third kappa shape index (κ3) is 3.44. The number of carbonyl (C=O) groups is 1. The highest BCUT2D eigenvalue weighted by molar-refractivity contribution is 5.97. The molecule has 1 aromatic heterocycles. The third-order valence-corrected chi connectivity index (χ3v) is 2.63. The van der Waals surface area contributed by atoms with Gasteiger partial charge < -0.3 is 25.5 Å². The summed E-state index contributed by atoms with van der Waals surface area (Å²) in [6.07, 6.45) is 3.15. The maximum atomic E-state index is 11.5. The molecular weight excluding hydrogens is 272 g/mol. The lowest BCUT2D eigenvalue weighted by molar-refractivity contribution is 0.0996. The Kier molecular flexibility index (Phi) is 5.59. The van der Waals surface area contributed by atoms with E-state index in [2.05, 4.69) is 4.98 Å². The first-order valence-corrected chi connectivity index (χ1v) is 6.42. The van der Waals surface area contributed by atoms with Crippen LogP contribution in [0.1, 0.15) is 24.2 Å². The number of amides is 1. The predicted octanol–water partition coefficient (Wildman–Crippen LogP) is 1.60. The van der Waals surface area contributed by atoms with Gasteiger partial charge in [0.15, 0.2) is 11.5 Å².